The van der Waals surface area contributed by atoms with Crippen LogP contribution in [-0.4, -0.2) is 104 Å². The Bertz CT molecular complexity index is 1810. The highest BCUT2D eigenvalue weighted by Gasteiger charge is 2.62. The van der Waals surface area contributed by atoms with Crippen LogP contribution >= 0.6 is 0 Å². The Morgan fingerprint density at radius 3 is 2.64 bits per heavy atom. The van der Waals surface area contributed by atoms with Crippen molar-refractivity contribution in [2.45, 2.75) is 87.5 Å². The number of rotatable bonds is 7. The van der Waals surface area contributed by atoms with Crippen molar-refractivity contribution >= 4 is 44.6 Å². The summed E-state index contributed by atoms with van der Waals surface area (Å²) in [5.74, 6) is -1.61. The van der Waals surface area contributed by atoms with Gasteiger partial charge in [0.1, 0.15) is 35.1 Å². The van der Waals surface area contributed by atoms with E-state index in [0.717, 1.165) is 5.39 Å². The SMILES string of the molecule is COc1ccc2c(O[C@@H]3C[C@H]4C(=O)N[C@]5(C(=O)NS(=O)(=O)C6CC6)CC5/C=C\COCC[C@H](NC(=O)OC(C)(C)C)C(=O)N4C3)nccc2c1. The number of carbonyl (C=O) groups is 4. The molecule has 2 aromatic rings. The lowest BCUT2D eigenvalue weighted by molar-refractivity contribution is -0.141. The quantitative estimate of drug-likeness (QED) is 0.356. The number of fused-ring (bicyclic) bond motifs is 3. The highest BCUT2D eigenvalue weighted by molar-refractivity contribution is 7.91. The second-order valence-corrected chi connectivity index (χ2v) is 16.1. The number of hydrogen-bond donors (Lipinski definition) is 3. The first-order valence-corrected chi connectivity index (χ1v) is 18.3. The molecule has 0 radical (unpaired) electrons. The fraction of sp³-hybridized carbons (Fsp3) is 0.559. The zero-order valence-electron chi connectivity index (χ0n) is 28.5. The molecule has 4 aliphatic rings. The van der Waals surface area contributed by atoms with Crippen molar-refractivity contribution in [3.63, 3.8) is 0 Å². The zero-order valence-corrected chi connectivity index (χ0v) is 29.3. The van der Waals surface area contributed by atoms with Gasteiger partial charge in [-0.1, -0.05) is 12.2 Å². The van der Waals surface area contributed by atoms with Crippen LogP contribution in [0.3, 0.4) is 0 Å². The molecule has 2 aliphatic heterocycles. The minimum atomic E-state index is -3.90. The Hall–Kier alpha value is -4.44. The number of methoxy groups -OCH3 is 1. The molecule has 2 saturated carbocycles. The van der Waals surface area contributed by atoms with E-state index >= 15 is 0 Å². The first kappa shape index (κ1) is 35.4. The Labute approximate surface area is 290 Å². The zero-order chi connectivity index (χ0) is 35.8. The van der Waals surface area contributed by atoms with Crippen molar-refractivity contribution in [3.05, 3.63) is 42.6 Å². The molecular formula is C34H43N5O10S. The Morgan fingerprint density at radius 1 is 1.14 bits per heavy atom. The van der Waals surface area contributed by atoms with Crippen LogP contribution in [-0.2, 0) is 33.9 Å². The molecule has 0 spiro atoms. The summed E-state index contributed by atoms with van der Waals surface area (Å²) in [6, 6.07) is 4.96. The van der Waals surface area contributed by atoms with E-state index in [1.165, 1.54) is 4.90 Å². The molecule has 0 bridgehead atoms. The Morgan fingerprint density at radius 2 is 1.92 bits per heavy atom. The summed E-state index contributed by atoms with van der Waals surface area (Å²) in [7, 11) is -2.33. The van der Waals surface area contributed by atoms with E-state index in [1.54, 1.807) is 58.4 Å². The van der Waals surface area contributed by atoms with Crippen LogP contribution in [0.5, 0.6) is 11.6 Å². The summed E-state index contributed by atoms with van der Waals surface area (Å²) in [5, 5.41) is 6.31. The molecule has 50 heavy (non-hydrogen) atoms. The van der Waals surface area contributed by atoms with Crippen molar-refractivity contribution in [2.75, 3.05) is 26.9 Å². The first-order chi connectivity index (χ1) is 23.7. The lowest BCUT2D eigenvalue weighted by atomic mass is 10.1. The van der Waals surface area contributed by atoms with Gasteiger partial charge in [-0.3, -0.25) is 19.1 Å². The maximum Gasteiger partial charge on any atom is 0.408 e. The van der Waals surface area contributed by atoms with Gasteiger partial charge in [0.2, 0.25) is 27.7 Å². The van der Waals surface area contributed by atoms with Crippen molar-refractivity contribution in [2.24, 2.45) is 5.92 Å². The maximum atomic E-state index is 14.3. The van der Waals surface area contributed by atoms with Gasteiger partial charge in [0, 0.05) is 36.9 Å². The number of nitrogens with zero attached hydrogens (tertiary/aromatic N) is 2. The number of alkyl carbamates (subject to hydrolysis) is 1. The highest BCUT2D eigenvalue weighted by atomic mass is 32.2. The van der Waals surface area contributed by atoms with Crippen molar-refractivity contribution in [3.8, 4) is 11.6 Å². The van der Waals surface area contributed by atoms with E-state index in [1.807, 2.05) is 12.1 Å². The van der Waals surface area contributed by atoms with Crippen molar-refractivity contribution in [1.29, 1.82) is 0 Å². The van der Waals surface area contributed by atoms with Gasteiger partial charge in [-0.15, -0.1) is 0 Å². The first-order valence-electron chi connectivity index (χ1n) is 16.7. The van der Waals surface area contributed by atoms with Crippen LogP contribution in [0.25, 0.3) is 10.8 Å². The Balaban J connectivity index is 1.30. The van der Waals surface area contributed by atoms with E-state index in [2.05, 4.69) is 20.3 Å². The smallest absolute Gasteiger partial charge is 0.408 e. The topological polar surface area (TPSA) is 192 Å². The van der Waals surface area contributed by atoms with E-state index in [-0.39, 0.29) is 39.0 Å². The predicted molar refractivity (Wildman–Crippen MR) is 180 cm³/mol. The average molecular weight is 714 g/mol. The minimum Gasteiger partial charge on any atom is -0.497 e. The molecule has 3 N–H and O–H groups in total. The van der Waals surface area contributed by atoms with Crippen LogP contribution in [0, 0.1) is 5.92 Å². The number of hydrogen-bond acceptors (Lipinski definition) is 11. The fourth-order valence-electron chi connectivity index (χ4n) is 6.33. The molecule has 3 heterocycles. The molecule has 16 heteroatoms. The summed E-state index contributed by atoms with van der Waals surface area (Å²) in [5.41, 5.74) is -2.37. The Kier molecular flexibility index (Phi) is 9.70. The van der Waals surface area contributed by atoms with Crippen LogP contribution in [0.2, 0.25) is 0 Å². The number of ether oxygens (including phenoxy) is 4. The lowest BCUT2D eigenvalue weighted by Gasteiger charge is -2.30. The van der Waals surface area contributed by atoms with Gasteiger partial charge in [-0.25, -0.2) is 18.2 Å². The number of carbonyl (C=O) groups excluding carboxylic acids is 4. The summed E-state index contributed by atoms with van der Waals surface area (Å²) in [6.07, 6.45) is 4.66. The standard InChI is InChI=1S/C34H43N5O10S/c1-33(2,3)49-32(43)36-26-12-15-47-14-5-6-21-18-34(21,31(42)38-50(44,45)24-8-9-24)37-28(40)27-17-23(19-39(27)30(26)41)48-29-25-10-7-22(46-4)16-20(25)11-13-35-29/h5-7,10-11,13,16,21,23-24,26-27H,8-9,12,14-15,17-19H2,1-4H3,(H,36,43)(H,37,40)(H,38,42)/b6-5-/t21?,23-,26+,27+,34-/m1/s1. The molecule has 5 atom stereocenters. The monoisotopic (exact) mass is 713 g/mol. The molecular weight excluding hydrogens is 670 g/mol. The number of nitrogens with one attached hydrogen (secondary N) is 3. The third kappa shape index (κ3) is 7.80. The van der Waals surface area contributed by atoms with E-state index in [4.69, 9.17) is 18.9 Å². The van der Waals surface area contributed by atoms with Gasteiger partial charge < -0.3 is 34.5 Å². The number of sulfonamides is 1. The van der Waals surface area contributed by atoms with E-state index in [9.17, 15) is 27.6 Å². The number of pyridine rings is 1. The van der Waals surface area contributed by atoms with E-state index in [0.29, 0.717) is 29.9 Å². The van der Waals surface area contributed by atoms with Gasteiger partial charge in [0.15, 0.2) is 0 Å². The van der Waals surface area contributed by atoms with E-state index < -0.39 is 74.3 Å². The van der Waals surface area contributed by atoms with Gasteiger partial charge in [0.05, 0.1) is 25.5 Å². The van der Waals surface area contributed by atoms with Crippen molar-refractivity contribution in [1.82, 2.24) is 25.2 Å². The summed E-state index contributed by atoms with van der Waals surface area (Å²) in [4.78, 5) is 60.6. The largest absolute Gasteiger partial charge is 0.497 e. The molecule has 1 unspecified atom stereocenters. The summed E-state index contributed by atoms with van der Waals surface area (Å²) >= 11 is 0. The van der Waals surface area contributed by atoms with Gasteiger partial charge in [0.25, 0.3) is 5.91 Å². The van der Waals surface area contributed by atoms with Crippen LogP contribution in [0.15, 0.2) is 42.6 Å². The molecule has 270 valence electrons. The minimum absolute atomic E-state index is 0.0278. The summed E-state index contributed by atoms with van der Waals surface area (Å²) in [6.45, 7) is 5.26. The van der Waals surface area contributed by atoms with Crippen LogP contribution in [0.1, 0.15) is 52.9 Å². The van der Waals surface area contributed by atoms with Gasteiger partial charge in [-0.05, 0) is 69.7 Å². The molecule has 3 fully saturated rings. The number of amides is 4. The van der Waals surface area contributed by atoms with Crippen LogP contribution in [0.4, 0.5) is 4.79 Å². The molecule has 1 aromatic carbocycles. The second-order valence-electron chi connectivity index (χ2n) is 14.1. The predicted octanol–water partition coefficient (Wildman–Crippen LogP) is 1.94. The van der Waals surface area contributed by atoms with Gasteiger partial charge in [-0.2, -0.15) is 0 Å². The average Bonchev–Trinajstić information content (AvgIpc) is 3.97. The lowest BCUT2D eigenvalue weighted by Crippen LogP contribution is -2.58. The maximum absolute atomic E-state index is 14.3. The third-order valence-electron chi connectivity index (χ3n) is 9.15. The molecule has 1 aromatic heterocycles. The molecule has 15 nitrogen and oxygen atoms in total. The number of aromatic nitrogens is 1. The number of benzene rings is 1. The fourth-order valence-corrected chi connectivity index (χ4v) is 7.69. The third-order valence-corrected chi connectivity index (χ3v) is 11.0. The summed E-state index contributed by atoms with van der Waals surface area (Å²) < 4.78 is 50.5. The molecule has 4 amide bonds. The van der Waals surface area contributed by atoms with Gasteiger partial charge >= 0.3 is 6.09 Å². The normalized spacial score (nSPS) is 28.0. The van der Waals surface area contributed by atoms with Crippen LogP contribution < -0.4 is 24.8 Å². The molecule has 1 saturated heterocycles. The molecule has 2 aliphatic carbocycles. The van der Waals surface area contributed by atoms with Crippen molar-refractivity contribution < 1.29 is 46.5 Å². The highest BCUT2D eigenvalue weighted by Crippen LogP contribution is 2.46. The molecule has 6 rings (SSSR count). The second kappa shape index (κ2) is 13.7.